The number of carbonyl (C=O) groups is 1. The zero-order valence-corrected chi connectivity index (χ0v) is 16.5. The number of ether oxygens (including phenoxy) is 3. The third kappa shape index (κ3) is 3.95. The van der Waals surface area contributed by atoms with Crippen LogP contribution in [0.3, 0.4) is 0 Å². The molecule has 0 atom stereocenters. The van der Waals surface area contributed by atoms with E-state index in [1.165, 1.54) is 33.1 Å². The van der Waals surface area contributed by atoms with E-state index in [0.717, 1.165) is 16.2 Å². The third-order valence-electron chi connectivity index (χ3n) is 4.10. The van der Waals surface area contributed by atoms with Crippen molar-refractivity contribution < 1.29 is 23.6 Å². The van der Waals surface area contributed by atoms with Crippen molar-refractivity contribution >= 4 is 34.4 Å². The molecule has 0 unspecified atom stereocenters. The summed E-state index contributed by atoms with van der Waals surface area (Å²) in [5, 5.41) is 3.78. The Balaban J connectivity index is 1.71. The molecule has 3 rings (SSSR count). The number of hydrogen-bond acceptors (Lipinski definition) is 5. The van der Waals surface area contributed by atoms with Gasteiger partial charge in [0.15, 0.2) is 22.5 Å². The van der Waals surface area contributed by atoms with E-state index in [1.54, 1.807) is 12.1 Å². The number of aryl methyl sites for hydroxylation is 1. The number of methoxy groups -OCH3 is 3. The van der Waals surface area contributed by atoms with Gasteiger partial charge in [0.2, 0.25) is 11.7 Å². The zero-order valence-electron chi connectivity index (χ0n) is 15.7. The predicted molar refractivity (Wildman–Crippen MR) is 105 cm³/mol. The van der Waals surface area contributed by atoms with Gasteiger partial charge in [0.05, 0.1) is 34.1 Å². The van der Waals surface area contributed by atoms with Gasteiger partial charge < -0.3 is 19.5 Å². The number of hydrogen-bond donors (Lipinski definition) is 2. The third-order valence-corrected chi connectivity index (χ3v) is 5.16. The minimum absolute atomic E-state index is 0.132. The smallest absolute Gasteiger partial charge is 0.317 e. The molecular formula is C19H22N3O4S+. The van der Waals surface area contributed by atoms with E-state index in [9.17, 15) is 4.79 Å². The Morgan fingerprint density at radius 1 is 1.11 bits per heavy atom. The number of nitrogens with one attached hydrogen (secondary N) is 2. The van der Waals surface area contributed by atoms with E-state index >= 15 is 0 Å². The first kappa shape index (κ1) is 18.9. The van der Waals surface area contributed by atoms with Crippen LogP contribution in [0, 0.1) is 0 Å². The Morgan fingerprint density at radius 3 is 2.37 bits per heavy atom. The lowest BCUT2D eigenvalue weighted by molar-refractivity contribution is -0.683. The number of para-hydroxylation sites is 2. The molecule has 1 amide bonds. The summed E-state index contributed by atoms with van der Waals surface area (Å²) in [7, 11) is 6.58. The van der Waals surface area contributed by atoms with Crippen LogP contribution in [0.2, 0.25) is 0 Å². The van der Waals surface area contributed by atoms with Gasteiger partial charge in [0, 0.05) is 17.8 Å². The van der Waals surface area contributed by atoms with Crippen molar-refractivity contribution in [3.63, 3.8) is 0 Å². The van der Waals surface area contributed by atoms with Gasteiger partial charge in [-0.05, 0) is 23.9 Å². The fourth-order valence-electron chi connectivity index (χ4n) is 2.80. The van der Waals surface area contributed by atoms with Crippen LogP contribution in [0.5, 0.6) is 17.2 Å². The number of fused-ring (bicyclic) bond motifs is 1. The standard InChI is InChI=1S/C19H21N3O4S/c1-22-14-8-6-5-7-13(14)21-19(22)27-11-17(23)20-12-9-15(24-2)18(26-4)16(10-12)25-3/h5-10H,11H2,1-4H3,(H,20,23)/p+1. The summed E-state index contributed by atoms with van der Waals surface area (Å²) in [6.45, 7) is 0. The molecule has 0 aliphatic rings. The topological polar surface area (TPSA) is 76.5 Å². The number of carbonyl (C=O) groups excluding carboxylic acids is 1. The molecule has 2 N–H and O–H groups in total. The highest BCUT2D eigenvalue weighted by Crippen LogP contribution is 2.39. The Hall–Kier alpha value is -2.87. The van der Waals surface area contributed by atoms with Crippen molar-refractivity contribution in [3.05, 3.63) is 36.4 Å². The van der Waals surface area contributed by atoms with E-state index in [2.05, 4.69) is 10.3 Å². The molecule has 8 heteroatoms. The highest BCUT2D eigenvalue weighted by atomic mass is 32.2. The van der Waals surface area contributed by atoms with E-state index in [4.69, 9.17) is 14.2 Å². The molecule has 0 radical (unpaired) electrons. The molecule has 0 saturated carbocycles. The van der Waals surface area contributed by atoms with Crippen molar-refractivity contribution in [3.8, 4) is 17.2 Å². The van der Waals surface area contributed by atoms with Gasteiger partial charge in [-0.3, -0.25) is 4.79 Å². The molecule has 7 nitrogen and oxygen atoms in total. The largest absolute Gasteiger partial charge is 0.493 e. The maximum Gasteiger partial charge on any atom is 0.317 e. The highest BCUT2D eigenvalue weighted by Gasteiger charge is 2.18. The molecule has 27 heavy (non-hydrogen) atoms. The summed E-state index contributed by atoms with van der Waals surface area (Å²) in [6.07, 6.45) is 0. The van der Waals surface area contributed by atoms with Gasteiger partial charge >= 0.3 is 5.16 Å². The minimum atomic E-state index is -0.132. The fraction of sp³-hybridized carbons (Fsp3) is 0.263. The second-order valence-electron chi connectivity index (χ2n) is 5.76. The van der Waals surface area contributed by atoms with E-state index in [-0.39, 0.29) is 11.7 Å². The molecule has 142 valence electrons. The normalized spacial score (nSPS) is 10.7. The highest BCUT2D eigenvalue weighted by molar-refractivity contribution is 7.99. The van der Waals surface area contributed by atoms with Gasteiger partial charge in [0.1, 0.15) is 0 Å². The summed E-state index contributed by atoms with van der Waals surface area (Å²) >= 11 is 1.44. The van der Waals surface area contributed by atoms with Crippen molar-refractivity contribution in [1.29, 1.82) is 0 Å². The average molecular weight is 388 g/mol. The summed E-state index contributed by atoms with van der Waals surface area (Å²) in [5.74, 6) is 1.59. The molecule has 0 bridgehead atoms. The van der Waals surface area contributed by atoms with E-state index < -0.39 is 0 Å². The van der Waals surface area contributed by atoms with Crippen LogP contribution >= 0.6 is 11.8 Å². The van der Waals surface area contributed by atoms with Gasteiger partial charge in [-0.1, -0.05) is 12.1 Å². The van der Waals surface area contributed by atoms with Crippen LogP contribution in [0.4, 0.5) is 5.69 Å². The van der Waals surface area contributed by atoms with Gasteiger partial charge in [0.25, 0.3) is 0 Å². The monoisotopic (exact) mass is 388 g/mol. The van der Waals surface area contributed by atoms with Crippen LogP contribution in [0.15, 0.2) is 41.6 Å². The number of imidazole rings is 1. The van der Waals surface area contributed by atoms with E-state index in [1.807, 2.05) is 35.9 Å². The van der Waals surface area contributed by atoms with Crippen LogP contribution in [0.25, 0.3) is 11.0 Å². The predicted octanol–water partition coefficient (Wildman–Crippen LogP) is 2.75. The quantitative estimate of drug-likeness (QED) is 0.481. The lowest BCUT2D eigenvalue weighted by atomic mass is 10.2. The number of nitrogens with zero attached hydrogens (tertiary/aromatic N) is 1. The molecule has 1 aromatic heterocycles. The first-order valence-corrected chi connectivity index (χ1v) is 9.25. The molecule has 2 aromatic carbocycles. The Labute approximate surface area is 161 Å². The number of aromatic nitrogens is 2. The van der Waals surface area contributed by atoms with Crippen molar-refractivity contribution in [2.24, 2.45) is 7.05 Å². The maximum absolute atomic E-state index is 12.4. The molecule has 0 aliphatic carbocycles. The van der Waals surface area contributed by atoms with Crippen LogP contribution in [-0.4, -0.2) is 38.0 Å². The minimum Gasteiger partial charge on any atom is -0.493 e. The lowest BCUT2D eigenvalue weighted by Gasteiger charge is -2.14. The molecule has 0 spiro atoms. The van der Waals surface area contributed by atoms with E-state index in [0.29, 0.717) is 22.9 Å². The van der Waals surface area contributed by atoms with Gasteiger partial charge in [-0.15, -0.1) is 0 Å². The van der Waals surface area contributed by atoms with Crippen molar-refractivity contribution in [2.75, 3.05) is 32.4 Å². The number of thioether (sulfide) groups is 1. The number of amides is 1. The summed E-state index contributed by atoms with van der Waals surface area (Å²) in [4.78, 5) is 15.7. The molecule has 1 heterocycles. The summed E-state index contributed by atoms with van der Waals surface area (Å²) in [6, 6.07) is 11.4. The zero-order chi connectivity index (χ0) is 19.4. The Morgan fingerprint density at radius 2 is 1.78 bits per heavy atom. The van der Waals surface area contributed by atoms with Crippen LogP contribution in [0.1, 0.15) is 0 Å². The first-order valence-electron chi connectivity index (χ1n) is 8.26. The number of rotatable bonds is 7. The SMILES string of the molecule is COc1cc(NC(=O)CSc2[nH]c3ccccc3[n+]2C)cc(OC)c1OC. The number of benzene rings is 2. The Bertz CT molecular complexity index is 946. The number of anilines is 1. The number of aromatic amines is 1. The number of H-pyrrole nitrogens is 1. The second-order valence-corrected chi connectivity index (χ2v) is 6.72. The summed E-state index contributed by atoms with van der Waals surface area (Å²) in [5.41, 5.74) is 2.70. The first-order chi connectivity index (χ1) is 13.1. The summed E-state index contributed by atoms with van der Waals surface area (Å²) < 4.78 is 17.9. The van der Waals surface area contributed by atoms with Crippen LogP contribution < -0.4 is 24.1 Å². The van der Waals surface area contributed by atoms with Crippen LogP contribution in [-0.2, 0) is 11.8 Å². The molecule has 0 aliphatic heterocycles. The maximum atomic E-state index is 12.4. The van der Waals surface area contributed by atoms with Gasteiger partial charge in [-0.25, -0.2) is 9.55 Å². The average Bonchev–Trinajstić information content (AvgIpc) is 3.01. The molecular weight excluding hydrogens is 366 g/mol. The van der Waals surface area contributed by atoms with Gasteiger partial charge in [-0.2, -0.15) is 0 Å². The Kier molecular flexibility index (Phi) is 5.75. The second kappa shape index (κ2) is 8.22. The lowest BCUT2D eigenvalue weighted by Crippen LogP contribution is -2.29. The molecule has 3 aromatic rings. The van der Waals surface area contributed by atoms with Crippen molar-refractivity contribution in [1.82, 2.24) is 4.98 Å². The van der Waals surface area contributed by atoms with Crippen molar-refractivity contribution in [2.45, 2.75) is 5.16 Å². The fourth-order valence-corrected chi connectivity index (χ4v) is 3.61. The molecule has 0 fully saturated rings. The molecule has 0 saturated heterocycles.